The molecule has 174 valence electrons. The lowest BCUT2D eigenvalue weighted by molar-refractivity contribution is -0.140. The van der Waals surface area contributed by atoms with Gasteiger partial charge in [-0.05, 0) is 20.8 Å². The minimum absolute atomic E-state index is 0.146. The average Bonchev–Trinajstić information content (AvgIpc) is 2.68. The summed E-state index contributed by atoms with van der Waals surface area (Å²) in [6.07, 6.45) is -4.01. The molecule has 1 rings (SSSR count). The maximum atomic E-state index is 14.4. The SMILES string of the molecule is COc1cc(OC)c(CNC(=O)C(F)CC(NC(=O)OC(C)(C)C)C(=O)O)c(OC)c1. The number of carboxylic acids is 1. The molecule has 10 nitrogen and oxygen atoms in total. The van der Waals surface area contributed by atoms with E-state index in [2.05, 4.69) is 5.32 Å². The summed E-state index contributed by atoms with van der Waals surface area (Å²) < 4.78 is 35.0. The predicted molar refractivity (Wildman–Crippen MR) is 108 cm³/mol. The third kappa shape index (κ3) is 8.19. The van der Waals surface area contributed by atoms with Gasteiger partial charge >= 0.3 is 12.1 Å². The van der Waals surface area contributed by atoms with E-state index in [0.717, 1.165) is 0 Å². The monoisotopic (exact) mass is 444 g/mol. The first kappa shape index (κ1) is 25.8. The molecule has 2 unspecified atom stereocenters. The largest absolute Gasteiger partial charge is 0.496 e. The van der Waals surface area contributed by atoms with E-state index in [9.17, 15) is 23.9 Å². The number of carbonyl (C=O) groups is 3. The first-order chi connectivity index (χ1) is 14.4. The van der Waals surface area contributed by atoms with Crippen LogP contribution < -0.4 is 24.8 Å². The lowest BCUT2D eigenvalue weighted by atomic mass is 10.1. The molecule has 0 spiro atoms. The molecule has 1 aromatic rings. The van der Waals surface area contributed by atoms with E-state index < -0.39 is 42.2 Å². The highest BCUT2D eigenvalue weighted by atomic mass is 19.1. The third-order valence-corrected chi connectivity index (χ3v) is 3.97. The van der Waals surface area contributed by atoms with Gasteiger partial charge in [0, 0.05) is 18.6 Å². The Balaban J connectivity index is 2.81. The van der Waals surface area contributed by atoms with Gasteiger partial charge in [0.15, 0.2) is 6.17 Å². The number of alkyl carbamates (subject to hydrolysis) is 1. The number of amides is 2. The molecule has 0 saturated heterocycles. The smallest absolute Gasteiger partial charge is 0.408 e. The molecule has 0 fully saturated rings. The van der Waals surface area contributed by atoms with Crippen molar-refractivity contribution in [2.45, 2.75) is 51.6 Å². The summed E-state index contributed by atoms with van der Waals surface area (Å²) in [4.78, 5) is 35.3. The molecule has 11 heteroatoms. The van der Waals surface area contributed by atoms with Crippen LogP contribution in [0.3, 0.4) is 0 Å². The molecule has 0 aliphatic carbocycles. The Morgan fingerprint density at radius 3 is 2.03 bits per heavy atom. The summed E-state index contributed by atoms with van der Waals surface area (Å²) in [7, 11) is 4.29. The number of carboxylic acid groups (broad SMARTS) is 1. The van der Waals surface area contributed by atoms with Gasteiger partial charge in [0.1, 0.15) is 28.9 Å². The number of hydrogen-bond acceptors (Lipinski definition) is 7. The summed E-state index contributed by atoms with van der Waals surface area (Å²) >= 11 is 0. The van der Waals surface area contributed by atoms with Gasteiger partial charge in [0.05, 0.1) is 33.4 Å². The van der Waals surface area contributed by atoms with Gasteiger partial charge in [0.25, 0.3) is 5.91 Å². The van der Waals surface area contributed by atoms with Crippen molar-refractivity contribution in [2.24, 2.45) is 0 Å². The molecule has 0 aromatic heterocycles. The molecule has 31 heavy (non-hydrogen) atoms. The molecular formula is C20H29FN2O8. The number of aliphatic carboxylic acids is 1. The zero-order valence-corrected chi connectivity index (χ0v) is 18.4. The highest BCUT2D eigenvalue weighted by Gasteiger charge is 2.30. The van der Waals surface area contributed by atoms with E-state index >= 15 is 0 Å². The van der Waals surface area contributed by atoms with Gasteiger partial charge in [-0.2, -0.15) is 0 Å². The van der Waals surface area contributed by atoms with Crippen molar-refractivity contribution in [1.29, 1.82) is 0 Å². The maximum absolute atomic E-state index is 14.4. The molecule has 0 radical (unpaired) electrons. The summed E-state index contributed by atoms with van der Waals surface area (Å²) in [5.74, 6) is -1.40. The van der Waals surface area contributed by atoms with Crippen LogP contribution >= 0.6 is 0 Å². The highest BCUT2D eigenvalue weighted by Crippen LogP contribution is 2.33. The van der Waals surface area contributed by atoms with Crippen LogP contribution in [-0.4, -0.2) is 62.2 Å². The maximum Gasteiger partial charge on any atom is 0.408 e. The van der Waals surface area contributed by atoms with Crippen molar-refractivity contribution in [3.63, 3.8) is 0 Å². The summed E-state index contributed by atoms with van der Waals surface area (Å²) in [6, 6.07) is 1.49. The first-order valence-corrected chi connectivity index (χ1v) is 9.34. The second kappa shape index (κ2) is 11.2. The van der Waals surface area contributed by atoms with Crippen molar-refractivity contribution >= 4 is 18.0 Å². The number of halogens is 1. The van der Waals surface area contributed by atoms with Crippen LogP contribution in [-0.2, 0) is 20.9 Å². The third-order valence-electron chi connectivity index (χ3n) is 3.97. The van der Waals surface area contributed by atoms with Crippen molar-refractivity contribution in [2.75, 3.05) is 21.3 Å². The Hall–Kier alpha value is -3.24. The van der Waals surface area contributed by atoms with Crippen LogP contribution in [0, 0.1) is 0 Å². The molecule has 0 aliphatic heterocycles. The molecule has 2 amide bonds. The summed E-state index contributed by atoms with van der Waals surface area (Å²) in [5.41, 5.74) is -0.427. The topological polar surface area (TPSA) is 132 Å². The van der Waals surface area contributed by atoms with E-state index in [-0.39, 0.29) is 6.54 Å². The molecule has 0 saturated carbocycles. The van der Waals surface area contributed by atoms with Crippen LogP contribution in [0.5, 0.6) is 17.2 Å². The summed E-state index contributed by atoms with van der Waals surface area (Å²) in [5, 5.41) is 13.6. The second-order valence-corrected chi connectivity index (χ2v) is 7.47. The minimum Gasteiger partial charge on any atom is -0.496 e. The number of alkyl halides is 1. The number of ether oxygens (including phenoxy) is 4. The van der Waals surface area contributed by atoms with Gasteiger partial charge < -0.3 is 34.7 Å². The Kier molecular flexibility index (Phi) is 9.35. The Labute approximate surface area is 180 Å². The Morgan fingerprint density at radius 2 is 1.61 bits per heavy atom. The lowest BCUT2D eigenvalue weighted by Crippen LogP contribution is -2.46. The summed E-state index contributed by atoms with van der Waals surface area (Å²) in [6.45, 7) is 4.63. The molecule has 0 aliphatic rings. The van der Waals surface area contributed by atoms with Gasteiger partial charge in [0.2, 0.25) is 0 Å². The molecular weight excluding hydrogens is 415 g/mol. The fourth-order valence-corrected chi connectivity index (χ4v) is 2.52. The molecule has 0 bridgehead atoms. The van der Waals surface area contributed by atoms with Crippen molar-refractivity contribution < 1.29 is 42.8 Å². The van der Waals surface area contributed by atoms with Crippen LogP contribution in [0.1, 0.15) is 32.8 Å². The quantitative estimate of drug-likeness (QED) is 0.499. The number of carbonyl (C=O) groups excluding carboxylic acids is 2. The van der Waals surface area contributed by atoms with Crippen molar-refractivity contribution in [3.05, 3.63) is 17.7 Å². The van der Waals surface area contributed by atoms with E-state index in [0.29, 0.717) is 22.8 Å². The standard InChI is InChI=1S/C20H29FN2O8/c1-20(2,3)31-19(27)23-14(18(25)26)9-13(21)17(24)22-10-12-15(29-5)7-11(28-4)8-16(12)30-6/h7-8,13-14H,9-10H2,1-6H3,(H,22,24)(H,23,27)(H,25,26). The number of methoxy groups -OCH3 is 3. The van der Waals surface area contributed by atoms with Gasteiger partial charge in [-0.25, -0.2) is 14.0 Å². The lowest BCUT2D eigenvalue weighted by Gasteiger charge is -2.22. The average molecular weight is 444 g/mol. The molecule has 3 N–H and O–H groups in total. The Morgan fingerprint density at radius 1 is 1.06 bits per heavy atom. The number of nitrogens with one attached hydrogen (secondary N) is 2. The van der Waals surface area contributed by atoms with Crippen LogP contribution in [0.4, 0.5) is 9.18 Å². The molecule has 0 heterocycles. The van der Waals surface area contributed by atoms with Gasteiger partial charge in [-0.1, -0.05) is 0 Å². The number of rotatable bonds is 10. The van der Waals surface area contributed by atoms with Crippen LogP contribution in [0.15, 0.2) is 12.1 Å². The zero-order valence-electron chi connectivity index (χ0n) is 18.4. The second-order valence-electron chi connectivity index (χ2n) is 7.47. The fraction of sp³-hybridized carbons (Fsp3) is 0.550. The Bertz CT molecular complexity index is 769. The van der Waals surface area contributed by atoms with Crippen molar-refractivity contribution in [1.82, 2.24) is 10.6 Å². The van der Waals surface area contributed by atoms with E-state index in [4.69, 9.17) is 18.9 Å². The van der Waals surface area contributed by atoms with Gasteiger partial charge in [-0.15, -0.1) is 0 Å². The number of hydrogen-bond donors (Lipinski definition) is 3. The normalized spacial score (nSPS) is 12.9. The highest BCUT2D eigenvalue weighted by molar-refractivity contribution is 5.84. The van der Waals surface area contributed by atoms with Crippen LogP contribution in [0.2, 0.25) is 0 Å². The van der Waals surface area contributed by atoms with Crippen molar-refractivity contribution in [3.8, 4) is 17.2 Å². The number of benzene rings is 1. The molecule has 2 atom stereocenters. The van der Waals surface area contributed by atoms with Crippen LogP contribution in [0.25, 0.3) is 0 Å². The fourth-order valence-electron chi connectivity index (χ4n) is 2.52. The van der Waals surface area contributed by atoms with E-state index in [1.165, 1.54) is 21.3 Å². The zero-order chi connectivity index (χ0) is 23.8. The van der Waals surface area contributed by atoms with E-state index in [1.807, 2.05) is 5.32 Å². The first-order valence-electron chi connectivity index (χ1n) is 9.34. The molecule has 1 aromatic carbocycles. The van der Waals surface area contributed by atoms with E-state index in [1.54, 1.807) is 32.9 Å². The minimum atomic E-state index is -2.20. The van der Waals surface area contributed by atoms with Gasteiger partial charge in [-0.3, -0.25) is 4.79 Å². The predicted octanol–water partition coefficient (Wildman–Crippen LogP) is 2.03.